The van der Waals surface area contributed by atoms with Gasteiger partial charge in [-0.1, -0.05) is 6.42 Å². The number of likely N-dealkylation sites (N-methyl/N-ethyl adjacent to an activating group) is 1. The van der Waals surface area contributed by atoms with Crippen LogP contribution < -0.4 is 5.32 Å². The van der Waals surface area contributed by atoms with Gasteiger partial charge >= 0.3 is 0 Å². The minimum atomic E-state index is -0.465. The first-order valence-electron chi connectivity index (χ1n) is 5.79. The first-order valence-corrected chi connectivity index (χ1v) is 6.17. The third kappa shape index (κ3) is 3.26. The van der Waals surface area contributed by atoms with E-state index < -0.39 is 5.82 Å². The molecule has 1 atom stereocenters. The number of anilines is 1. The van der Waals surface area contributed by atoms with Crippen LogP contribution in [0.25, 0.3) is 0 Å². The molecule has 0 amide bonds. The van der Waals surface area contributed by atoms with Crippen molar-refractivity contribution in [3.05, 3.63) is 17.3 Å². The van der Waals surface area contributed by atoms with Crippen LogP contribution in [0.5, 0.6) is 0 Å². The van der Waals surface area contributed by atoms with Crippen molar-refractivity contribution < 1.29 is 4.39 Å². The monoisotopic (exact) mass is 258 g/mol. The molecule has 1 aromatic rings. The van der Waals surface area contributed by atoms with E-state index in [1.165, 1.54) is 12.8 Å². The van der Waals surface area contributed by atoms with E-state index in [0.29, 0.717) is 12.6 Å². The Hall–Kier alpha value is -0.940. The third-order valence-corrected chi connectivity index (χ3v) is 3.32. The maximum atomic E-state index is 13.4. The highest BCUT2D eigenvalue weighted by molar-refractivity contribution is 6.28. The van der Waals surface area contributed by atoms with Gasteiger partial charge in [0.2, 0.25) is 5.28 Å². The molecule has 1 fully saturated rings. The lowest BCUT2D eigenvalue weighted by atomic mass is 10.0. The minimum absolute atomic E-state index is 0.0610. The van der Waals surface area contributed by atoms with Crippen molar-refractivity contribution in [3.8, 4) is 0 Å². The molecule has 1 N–H and O–H groups in total. The summed E-state index contributed by atoms with van der Waals surface area (Å²) in [7, 11) is 2.09. The van der Waals surface area contributed by atoms with Crippen molar-refractivity contribution in [1.82, 2.24) is 14.9 Å². The van der Waals surface area contributed by atoms with Crippen molar-refractivity contribution in [1.29, 1.82) is 0 Å². The summed E-state index contributed by atoms with van der Waals surface area (Å²) in [6, 6.07) is 0.428. The van der Waals surface area contributed by atoms with Crippen LogP contribution in [0.1, 0.15) is 19.3 Å². The average molecular weight is 259 g/mol. The zero-order valence-corrected chi connectivity index (χ0v) is 10.5. The molecule has 2 rings (SSSR count). The second-order valence-corrected chi connectivity index (χ2v) is 4.68. The third-order valence-electron chi connectivity index (χ3n) is 3.14. The maximum Gasteiger partial charge on any atom is 0.224 e. The Bertz CT molecular complexity index is 388. The van der Waals surface area contributed by atoms with Gasteiger partial charge in [0.05, 0.1) is 6.20 Å². The summed E-state index contributed by atoms with van der Waals surface area (Å²) < 4.78 is 13.4. The topological polar surface area (TPSA) is 41.0 Å². The normalized spacial score (nSPS) is 21.5. The van der Waals surface area contributed by atoms with Crippen LogP contribution in [0, 0.1) is 5.82 Å². The van der Waals surface area contributed by atoms with Gasteiger partial charge in [0, 0.05) is 12.6 Å². The number of hydrogen-bond acceptors (Lipinski definition) is 4. The summed E-state index contributed by atoms with van der Waals surface area (Å²) >= 11 is 5.63. The fourth-order valence-corrected chi connectivity index (χ4v) is 2.22. The molecule has 1 aliphatic rings. The molecular formula is C11H16ClFN4. The Morgan fingerprint density at radius 2 is 2.41 bits per heavy atom. The van der Waals surface area contributed by atoms with Crippen LogP contribution in [0.2, 0.25) is 5.28 Å². The Balaban J connectivity index is 1.94. The summed E-state index contributed by atoms with van der Waals surface area (Å²) in [5.74, 6) is -0.281. The number of piperidine rings is 1. The van der Waals surface area contributed by atoms with Gasteiger partial charge < -0.3 is 10.2 Å². The zero-order valence-electron chi connectivity index (χ0n) is 9.79. The predicted octanol–water partition coefficient (Wildman–Crippen LogP) is 2.17. The van der Waals surface area contributed by atoms with E-state index in [-0.39, 0.29) is 11.1 Å². The van der Waals surface area contributed by atoms with E-state index in [1.54, 1.807) is 0 Å². The smallest absolute Gasteiger partial charge is 0.224 e. The SMILES string of the molecule is CN1CCCCC1CNc1nc(Cl)ncc1F. The van der Waals surface area contributed by atoms with Crippen molar-refractivity contribution in [3.63, 3.8) is 0 Å². The number of aromatic nitrogens is 2. The van der Waals surface area contributed by atoms with Gasteiger partial charge in [-0.25, -0.2) is 9.37 Å². The molecule has 0 saturated carbocycles. The van der Waals surface area contributed by atoms with Gasteiger partial charge in [0.15, 0.2) is 11.6 Å². The molecule has 1 aromatic heterocycles. The fraction of sp³-hybridized carbons (Fsp3) is 0.636. The molecule has 94 valence electrons. The summed E-state index contributed by atoms with van der Waals surface area (Å²) in [6.07, 6.45) is 4.68. The highest BCUT2D eigenvalue weighted by atomic mass is 35.5. The molecule has 1 saturated heterocycles. The van der Waals surface area contributed by atoms with Gasteiger partial charge in [-0.2, -0.15) is 4.98 Å². The molecule has 4 nitrogen and oxygen atoms in total. The second-order valence-electron chi connectivity index (χ2n) is 4.35. The van der Waals surface area contributed by atoms with E-state index in [4.69, 9.17) is 11.6 Å². The predicted molar refractivity (Wildman–Crippen MR) is 65.8 cm³/mol. The van der Waals surface area contributed by atoms with Gasteiger partial charge in [-0.05, 0) is 38.0 Å². The average Bonchev–Trinajstić information content (AvgIpc) is 2.32. The highest BCUT2D eigenvalue weighted by Gasteiger charge is 2.19. The van der Waals surface area contributed by atoms with Gasteiger partial charge in [-0.3, -0.25) is 0 Å². The zero-order chi connectivity index (χ0) is 12.3. The minimum Gasteiger partial charge on any atom is -0.366 e. The lowest BCUT2D eigenvalue weighted by Gasteiger charge is -2.32. The summed E-state index contributed by atoms with van der Waals surface area (Å²) in [4.78, 5) is 9.70. The van der Waals surface area contributed by atoms with Gasteiger partial charge in [0.1, 0.15) is 0 Å². The Labute approximate surface area is 105 Å². The molecule has 6 heteroatoms. The Morgan fingerprint density at radius 3 is 3.18 bits per heavy atom. The molecule has 1 aliphatic heterocycles. The quantitative estimate of drug-likeness (QED) is 0.844. The van der Waals surface area contributed by atoms with Gasteiger partial charge in [0.25, 0.3) is 0 Å². The van der Waals surface area contributed by atoms with E-state index in [0.717, 1.165) is 19.2 Å². The summed E-state index contributed by atoms with van der Waals surface area (Å²) in [5, 5.41) is 3.06. The standard InChI is InChI=1S/C11H16ClFN4/c1-17-5-3-2-4-8(17)6-14-10-9(13)7-15-11(12)16-10/h7-8H,2-6H2,1H3,(H,14,15,16). The van der Waals surface area contributed by atoms with Crippen LogP contribution >= 0.6 is 11.6 Å². The largest absolute Gasteiger partial charge is 0.366 e. The van der Waals surface area contributed by atoms with Crippen LogP contribution in [-0.2, 0) is 0 Å². The lowest BCUT2D eigenvalue weighted by Crippen LogP contribution is -2.41. The molecule has 0 spiro atoms. The van der Waals surface area contributed by atoms with E-state index in [2.05, 4.69) is 27.2 Å². The molecule has 1 unspecified atom stereocenters. The van der Waals surface area contributed by atoms with E-state index in [9.17, 15) is 4.39 Å². The molecule has 2 heterocycles. The number of nitrogens with one attached hydrogen (secondary N) is 1. The van der Waals surface area contributed by atoms with Crippen LogP contribution in [0.4, 0.5) is 10.2 Å². The Morgan fingerprint density at radius 1 is 1.59 bits per heavy atom. The first-order chi connectivity index (χ1) is 8.16. The summed E-state index contributed by atoms with van der Waals surface area (Å²) in [5.41, 5.74) is 0. The van der Waals surface area contributed by atoms with Crippen molar-refractivity contribution in [2.45, 2.75) is 25.3 Å². The van der Waals surface area contributed by atoms with E-state index in [1.807, 2.05) is 0 Å². The second kappa shape index (κ2) is 5.60. The van der Waals surface area contributed by atoms with Crippen LogP contribution in [0.3, 0.4) is 0 Å². The number of nitrogens with zero attached hydrogens (tertiary/aromatic N) is 3. The molecular weight excluding hydrogens is 243 g/mol. The van der Waals surface area contributed by atoms with Crippen molar-refractivity contribution in [2.24, 2.45) is 0 Å². The molecule has 17 heavy (non-hydrogen) atoms. The fourth-order valence-electron chi connectivity index (χ4n) is 2.09. The highest BCUT2D eigenvalue weighted by Crippen LogP contribution is 2.17. The van der Waals surface area contributed by atoms with Gasteiger partial charge in [-0.15, -0.1) is 0 Å². The number of halogens is 2. The molecule has 0 bridgehead atoms. The van der Waals surface area contributed by atoms with E-state index >= 15 is 0 Å². The van der Waals surface area contributed by atoms with Crippen LogP contribution in [0.15, 0.2) is 6.20 Å². The lowest BCUT2D eigenvalue weighted by molar-refractivity contribution is 0.194. The molecule has 0 aliphatic carbocycles. The summed E-state index contributed by atoms with van der Waals surface area (Å²) in [6.45, 7) is 1.78. The molecule has 0 radical (unpaired) electrons. The number of likely N-dealkylation sites (tertiary alicyclic amines) is 1. The number of hydrogen-bond donors (Lipinski definition) is 1. The van der Waals surface area contributed by atoms with Crippen molar-refractivity contribution in [2.75, 3.05) is 25.5 Å². The Kier molecular flexibility index (Phi) is 4.12. The van der Waals surface area contributed by atoms with Crippen LogP contribution in [-0.4, -0.2) is 41.0 Å². The van der Waals surface area contributed by atoms with Crippen molar-refractivity contribution >= 4 is 17.4 Å². The first kappa shape index (κ1) is 12.5. The maximum absolute atomic E-state index is 13.4. The number of rotatable bonds is 3. The molecule has 0 aromatic carbocycles.